The van der Waals surface area contributed by atoms with Gasteiger partial charge in [0.15, 0.2) is 0 Å². The first-order chi connectivity index (χ1) is 16.0. The molecule has 0 aliphatic carbocycles. The van der Waals surface area contributed by atoms with Crippen LogP contribution >= 0.6 is 0 Å². The van der Waals surface area contributed by atoms with Gasteiger partial charge in [-0.2, -0.15) is 0 Å². The minimum atomic E-state index is -0.671. The molecule has 3 heterocycles. The summed E-state index contributed by atoms with van der Waals surface area (Å²) in [6.45, 7) is 5.72. The second-order valence-electron chi connectivity index (χ2n) is 9.70. The number of amides is 2. The van der Waals surface area contributed by atoms with Crippen molar-refractivity contribution in [1.29, 1.82) is 0 Å². The number of hydrogen-bond acceptors (Lipinski definition) is 4. The van der Waals surface area contributed by atoms with Gasteiger partial charge < -0.3 is 15.0 Å². The molecule has 2 atom stereocenters. The molecule has 1 N–H and O–H groups in total. The normalized spacial score (nSPS) is 23.4. The Labute approximate surface area is 196 Å². The zero-order valence-corrected chi connectivity index (χ0v) is 19.8. The summed E-state index contributed by atoms with van der Waals surface area (Å²) >= 11 is 0. The topological polar surface area (TPSA) is 71.5 Å². The molecule has 1 aromatic carbocycles. The number of rotatable bonds is 6. The Hall–Kier alpha value is -2.73. The molecule has 2 aliphatic heterocycles. The minimum Gasteiger partial charge on any atom is -0.368 e. The number of nitrogens with one attached hydrogen (secondary N) is 1. The van der Waals surface area contributed by atoms with Gasteiger partial charge in [0.25, 0.3) is 5.91 Å². The summed E-state index contributed by atoms with van der Waals surface area (Å²) in [5.74, 6) is 0.0719. The van der Waals surface area contributed by atoms with E-state index in [1.807, 2.05) is 43.0 Å². The summed E-state index contributed by atoms with van der Waals surface area (Å²) in [7, 11) is 0. The number of hydrogen-bond donors (Lipinski definition) is 1. The van der Waals surface area contributed by atoms with Crippen LogP contribution < -0.4 is 5.32 Å². The molecule has 0 unspecified atom stereocenters. The first-order valence-corrected chi connectivity index (χ1v) is 12.2. The molecule has 0 saturated carbocycles. The van der Waals surface area contributed by atoms with Crippen LogP contribution in [0.4, 0.5) is 0 Å². The van der Waals surface area contributed by atoms with E-state index in [2.05, 4.69) is 22.4 Å². The number of benzene rings is 1. The maximum Gasteiger partial charge on any atom is 0.251 e. The standard InChI is InChI=1S/C27H35N3O3/c1-20(2)29-26(32)27(13-7-16-30(19-27)25(31)24-10-5-6-17-33-24)18-22-8-3-4-9-23(22)21-11-14-28-15-12-21/h3-4,8-9,11-12,14-15,20,24H,5-7,10,13,16-19H2,1-2H3,(H,29,32)/t24-,27+/m0/s1. The van der Waals surface area contributed by atoms with Gasteiger partial charge in [-0.3, -0.25) is 14.6 Å². The number of pyridine rings is 1. The first-order valence-electron chi connectivity index (χ1n) is 12.2. The van der Waals surface area contributed by atoms with Crippen LogP contribution in [-0.4, -0.2) is 53.5 Å². The average Bonchev–Trinajstić information content (AvgIpc) is 2.85. The molecule has 33 heavy (non-hydrogen) atoms. The summed E-state index contributed by atoms with van der Waals surface area (Å²) in [5.41, 5.74) is 2.64. The van der Waals surface area contributed by atoms with Gasteiger partial charge in [0.2, 0.25) is 5.91 Å². The van der Waals surface area contributed by atoms with Crippen LogP contribution in [0.1, 0.15) is 51.5 Å². The van der Waals surface area contributed by atoms with Crippen LogP contribution in [0.2, 0.25) is 0 Å². The van der Waals surface area contributed by atoms with E-state index in [4.69, 9.17) is 4.74 Å². The number of ether oxygens (including phenoxy) is 1. The van der Waals surface area contributed by atoms with Gasteiger partial charge in [-0.05, 0) is 81.2 Å². The quantitative estimate of drug-likeness (QED) is 0.724. The van der Waals surface area contributed by atoms with Crippen molar-refractivity contribution in [2.45, 2.75) is 64.5 Å². The van der Waals surface area contributed by atoms with Gasteiger partial charge in [0, 0.05) is 38.1 Å². The number of carbonyl (C=O) groups excluding carboxylic acids is 2. The highest BCUT2D eigenvalue weighted by atomic mass is 16.5. The van der Waals surface area contributed by atoms with Crippen molar-refractivity contribution < 1.29 is 14.3 Å². The third kappa shape index (κ3) is 5.44. The van der Waals surface area contributed by atoms with Crippen LogP contribution in [0.25, 0.3) is 11.1 Å². The third-order valence-electron chi connectivity index (χ3n) is 6.78. The number of nitrogens with zero attached hydrogens (tertiary/aromatic N) is 2. The largest absolute Gasteiger partial charge is 0.368 e. The van der Waals surface area contributed by atoms with Crippen molar-refractivity contribution in [2.24, 2.45) is 5.41 Å². The van der Waals surface area contributed by atoms with E-state index in [1.165, 1.54) is 0 Å². The van der Waals surface area contributed by atoms with E-state index in [1.54, 1.807) is 12.4 Å². The van der Waals surface area contributed by atoms with E-state index in [9.17, 15) is 9.59 Å². The van der Waals surface area contributed by atoms with Gasteiger partial charge in [-0.25, -0.2) is 0 Å². The van der Waals surface area contributed by atoms with Gasteiger partial charge in [-0.15, -0.1) is 0 Å². The summed E-state index contributed by atoms with van der Waals surface area (Å²) in [4.78, 5) is 33.0. The minimum absolute atomic E-state index is 0.0316. The SMILES string of the molecule is CC(C)NC(=O)[C@@]1(Cc2ccccc2-c2ccncc2)CCCN(C(=O)[C@@H]2CCCCO2)C1. The predicted molar refractivity (Wildman–Crippen MR) is 128 cm³/mol. The molecule has 176 valence electrons. The molecule has 1 aromatic heterocycles. The monoisotopic (exact) mass is 449 g/mol. The van der Waals surface area contributed by atoms with E-state index in [0.717, 1.165) is 48.8 Å². The van der Waals surface area contributed by atoms with Crippen LogP contribution in [0.3, 0.4) is 0 Å². The van der Waals surface area contributed by atoms with Crippen LogP contribution in [0.5, 0.6) is 0 Å². The Balaban J connectivity index is 1.64. The van der Waals surface area contributed by atoms with Gasteiger partial charge in [0.05, 0.1) is 5.41 Å². The Bertz CT molecular complexity index is 956. The van der Waals surface area contributed by atoms with Crippen molar-refractivity contribution in [3.8, 4) is 11.1 Å². The molecule has 2 aliphatic rings. The molecule has 0 spiro atoms. The fourth-order valence-corrected chi connectivity index (χ4v) is 5.14. The molecule has 0 bridgehead atoms. The molecule has 6 heteroatoms. The predicted octanol–water partition coefficient (Wildman–Crippen LogP) is 3.99. The van der Waals surface area contributed by atoms with Crippen molar-refractivity contribution in [2.75, 3.05) is 19.7 Å². The van der Waals surface area contributed by atoms with Crippen molar-refractivity contribution in [3.05, 3.63) is 54.4 Å². The second kappa shape index (κ2) is 10.5. The molecule has 2 aromatic rings. The molecular formula is C27H35N3O3. The first kappa shape index (κ1) is 23.4. The Morgan fingerprint density at radius 2 is 1.94 bits per heavy atom. The molecule has 4 rings (SSSR count). The molecule has 2 fully saturated rings. The second-order valence-corrected chi connectivity index (χ2v) is 9.70. The van der Waals surface area contributed by atoms with Crippen molar-refractivity contribution >= 4 is 11.8 Å². The number of piperidine rings is 1. The zero-order valence-electron chi connectivity index (χ0n) is 19.8. The van der Waals surface area contributed by atoms with Gasteiger partial charge >= 0.3 is 0 Å². The highest BCUT2D eigenvalue weighted by molar-refractivity contribution is 5.86. The van der Waals surface area contributed by atoms with Crippen molar-refractivity contribution in [3.63, 3.8) is 0 Å². The van der Waals surface area contributed by atoms with E-state index < -0.39 is 5.41 Å². The Kier molecular flexibility index (Phi) is 7.43. The lowest BCUT2D eigenvalue weighted by atomic mass is 9.73. The average molecular weight is 450 g/mol. The molecule has 0 radical (unpaired) electrons. The van der Waals surface area contributed by atoms with Crippen LogP contribution in [0.15, 0.2) is 48.8 Å². The van der Waals surface area contributed by atoms with Crippen LogP contribution in [0, 0.1) is 5.41 Å². The van der Waals surface area contributed by atoms with Gasteiger partial charge in [0.1, 0.15) is 6.10 Å². The number of likely N-dealkylation sites (tertiary alicyclic amines) is 1. The fourth-order valence-electron chi connectivity index (χ4n) is 5.14. The zero-order chi connectivity index (χ0) is 23.3. The maximum atomic E-state index is 13.6. The molecule has 2 amide bonds. The van der Waals surface area contributed by atoms with Crippen molar-refractivity contribution in [1.82, 2.24) is 15.2 Å². The summed E-state index contributed by atoms with van der Waals surface area (Å²) < 4.78 is 5.78. The van der Waals surface area contributed by atoms with Crippen LogP contribution in [-0.2, 0) is 20.7 Å². The van der Waals surface area contributed by atoms with Gasteiger partial charge in [-0.1, -0.05) is 24.3 Å². The highest BCUT2D eigenvalue weighted by Gasteiger charge is 2.45. The summed E-state index contributed by atoms with van der Waals surface area (Å²) in [6.07, 6.45) is 8.15. The van der Waals surface area contributed by atoms with E-state index >= 15 is 0 Å². The highest BCUT2D eigenvalue weighted by Crippen LogP contribution is 2.38. The van der Waals surface area contributed by atoms with E-state index in [-0.39, 0.29) is 24.0 Å². The fraction of sp³-hybridized carbons (Fsp3) is 0.519. The summed E-state index contributed by atoms with van der Waals surface area (Å²) in [5, 5.41) is 3.15. The van der Waals surface area contributed by atoms with E-state index in [0.29, 0.717) is 26.1 Å². The lowest BCUT2D eigenvalue weighted by molar-refractivity contribution is -0.152. The maximum absolute atomic E-state index is 13.6. The Morgan fingerprint density at radius 1 is 1.15 bits per heavy atom. The molecule has 6 nitrogen and oxygen atoms in total. The lowest BCUT2D eigenvalue weighted by Crippen LogP contribution is -2.57. The smallest absolute Gasteiger partial charge is 0.251 e. The Morgan fingerprint density at radius 3 is 2.67 bits per heavy atom. The number of carbonyl (C=O) groups is 2. The molecule has 2 saturated heterocycles. The number of aromatic nitrogens is 1. The molecular weight excluding hydrogens is 414 g/mol. The summed E-state index contributed by atoms with van der Waals surface area (Å²) in [6, 6.07) is 12.3. The lowest BCUT2D eigenvalue weighted by Gasteiger charge is -2.43. The third-order valence-corrected chi connectivity index (χ3v) is 6.78.